The van der Waals surface area contributed by atoms with Gasteiger partial charge in [0.2, 0.25) is 6.35 Å². The summed E-state index contributed by atoms with van der Waals surface area (Å²) < 4.78 is 32.7. The lowest BCUT2D eigenvalue weighted by Crippen LogP contribution is -2.40. The number of anilines is 4. The van der Waals surface area contributed by atoms with Crippen LogP contribution in [0.1, 0.15) is 6.92 Å². The van der Waals surface area contributed by atoms with E-state index < -0.39 is 6.35 Å². The van der Waals surface area contributed by atoms with Crippen molar-refractivity contribution in [3.8, 4) is 0 Å². The zero-order chi connectivity index (χ0) is 18.1. The molecule has 0 N–H and O–H groups in total. The van der Waals surface area contributed by atoms with E-state index in [0.29, 0.717) is 18.2 Å². The van der Waals surface area contributed by atoms with E-state index in [1.165, 1.54) is 24.3 Å². The van der Waals surface area contributed by atoms with Gasteiger partial charge in [-0.05, 0) is 55.5 Å². The predicted octanol–water partition coefficient (Wildman–Crippen LogP) is 4.36. The van der Waals surface area contributed by atoms with Crippen molar-refractivity contribution in [2.45, 2.75) is 13.3 Å². The predicted molar refractivity (Wildman–Crippen MR) is 94.5 cm³/mol. The molecule has 0 amide bonds. The first kappa shape index (κ1) is 16.4. The Hall–Kier alpha value is -3.06. The molecule has 0 bridgehead atoms. The van der Waals surface area contributed by atoms with E-state index in [1.807, 2.05) is 16.7 Å². The summed E-state index contributed by atoms with van der Waals surface area (Å²) in [5.74, 6) is 0.523. The summed E-state index contributed by atoms with van der Waals surface area (Å²) in [6.07, 6.45) is 2.60. The largest absolute Gasteiger partial charge is 0.340 e. The molecule has 0 aliphatic carbocycles. The van der Waals surface area contributed by atoms with Gasteiger partial charge >= 0.3 is 0 Å². The smallest absolute Gasteiger partial charge is 0.221 e. The van der Waals surface area contributed by atoms with E-state index in [-0.39, 0.29) is 11.6 Å². The molecule has 0 radical (unpaired) electrons. The minimum Gasteiger partial charge on any atom is -0.340 e. The fourth-order valence-electron chi connectivity index (χ4n) is 2.99. The number of benzene rings is 2. The molecule has 0 unspecified atom stereocenters. The van der Waals surface area contributed by atoms with Crippen molar-refractivity contribution < 1.29 is 13.5 Å². The van der Waals surface area contributed by atoms with Crippen LogP contribution in [0.3, 0.4) is 0 Å². The normalized spacial score (nSPS) is 14.0. The number of halogens is 2. The van der Waals surface area contributed by atoms with Crippen molar-refractivity contribution in [3.05, 3.63) is 72.6 Å². The van der Waals surface area contributed by atoms with Crippen molar-refractivity contribution in [1.82, 2.24) is 9.97 Å². The van der Waals surface area contributed by atoms with Crippen molar-refractivity contribution >= 4 is 23.0 Å². The average Bonchev–Trinajstić information content (AvgIpc) is 2.98. The van der Waals surface area contributed by atoms with Crippen LogP contribution in [0.2, 0.25) is 0 Å². The third-order valence-electron chi connectivity index (χ3n) is 4.08. The highest BCUT2D eigenvalue weighted by atomic mass is 19.1. The van der Waals surface area contributed by atoms with Crippen molar-refractivity contribution in [1.29, 1.82) is 0 Å². The Bertz CT molecular complexity index is 830. The highest BCUT2D eigenvalue weighted by Gasteiger charge is 2.40. The molecule has 0 saturated carbocycles. The van der Waals surface area contributed by atoms with Gasteiger partial charge < -0.3 is 4.74 Å². The molecular formula is C19H16F2N4O. The van der Waals surface area contributed by atoms with E-state index in [0.717, 1.165) is 11.4 Å². The quantitative estimate of drug-likeness (QED) is 0.696. The first-order chi connectivity index (χ1) is 12.7. The molecule has 132 valence electrons. The highest BCUT2D eigenvalue weighted by molar-refractivity contribution is 5.82. The molecule has 0 saturated heterocycles. The Balaban J connectivity index is 1.86. The van der Waals surface area contributed by atoms with Gasteiger partial charge in [0.05, 0.1) is 0 Å². The molecule has 26 heavy (non-hydrogen) atoms. The second-order valence-electron chi connectivity index (χ2n) is 5.68. The van der Waals surface area contributed by atoms with Gasteiger partial charge in [0.15, 0.2) is 11.6 Å². The SMILES string of the molecule is CCOC1N(c2ccc(F)cc2)c2nccnc2N1c1ccc(F)cc1. The molecule has 7 heteroatoms. The van der Waals surface area contributed by atoms with Crippen LogP contribution < -0.4 is 9.80 Å². The Labute approximate surface area is 149 Å². The van der Waals surface area contributed by atoms with Crippen molar-refractivity contribution in [3.63, 3.8) is 0 Å². The van der Waals surface area contributed by atoms with Crippen LogP contribution in [0.15, 0.2) is 60.9 Å². The zero-order valence-electron chi connectivity index (χ0n) is 14.0. The van der Waals surface area contributed by atoms with Gasteiger partial charge in [0.25, 0.3) is 0 Å². The Morgan fingerprint density at radius 1 is 0.808 bits per heavy atom. The molecule has 2 heterocycles. The van der Waals surface area contributed by atoms with E-state index in [2.05, 4.69) is 9.97 Å². The van der Waals surface area contributed by atoms with Gasteiger partial charge in [-0.2, -0.15) is 0 Å². The summed E-state index contributed by atoms with van der Waals surface area (Å²) in [6, 6.07) is 12.2. The number of fused-ring (bicyclic) bond motifs is 1. The Morgan fingerprint density at radius 2 is 1.23 bits per heavy atom. The molecule has 4 rings (SSSR count). The van der Waals surface area contributed by atoms with Gasteiger partial charge in [-0.3, -0.25) is 9.80 Å². The molecule has 2 aromatic carbocycles. The summed E-state index contributed by atoms with van der Waals surface area (Å²) in [5.41, 5.74) is 1.44. The van der Waals surface area contributed by atoms with Crippen LogP contribution >= 0.6 is 0 Å². The summed E-state index contributed by atoms with van der Waals surface area (Å²) >= 11 is 0. The van der Waals surface area contributed by atoms with E-state index in [4.69, 9.17) is 4.74 Å². The second-order valence-corrected chi connectivity index (χ2v) is 5.68. The maximum absolute atomic E-state index is 13.4. The van der Waals surface area contributed by atoms with E-state index in [9.17, 15) is 8.78 Å². The Kier molecular flexibility index (Phi) is 4.22. The summed E-state index contributed by atoms with van der Waals surface area (Å²) in [6.45, 7) is 2.32. The van der Waals surface area contributed by atoms with Crippen LogP contribution in [0, 0.1) is 11.6 Å². The maximum atomic E-state index is 13.4. The first-order valence-electron chi connectivity index (χ1n) is 8.21. The number of aromatic nitrogens is 2. The molecular weight excluding hydrogens is 338 g/mol. The summed E-state index contributed by atoms with van der Waals surface area (Å²) in [5, 5.41) is 0. The van der Waals surface area contributed by atoms with Gasteiger partial charge in [-0.25, -0.2) is 18.7 Å². The molecule has 1 aliphatic rings. The molecule has 0 atom stereocenters. The van der Waals surface area contributed by atoms with Crippen LogP contribution in [0.25, 0.3) is 0 Å². The molecule has 3 aromatic rings. The summed E-state index contributed by atoms with van der Waals surface area (Å²) in [4.78, 5) is 12.6. The number of ether oxygens (including phenoxy) is 1. The molecule has 1 aromatic heterocycles. The first-order valence-corrected chi connectivity index (χ1v) is 8.21. The monoisotopic (exact) mass is 354 g/mol. The van der Waals surface area contributed by atoms with E-state index in [1.54, 1.807) is 36.7 Å². The molecule has 0 fully saturated rings. The van der Waals surface area contributed by atoms with Crippen LogP contribution in [-0.4, -0.2) is 22.9 Å². The van der Waals surface area contributed by atoms with Crippen LogP contribution in [0.5, 0.6) is 0 Å². The van der Waals surface area contributed by atoms with Gasteiger partial charge in [0.1, 0.15) is 11.6 Å². The fourth-order valence-corrected chi connectivity index (χ4v) is 2.99. The topological polar surface area (TPSA) is 41.5 Å². The third-order valence-corrected chi connectivity index (χ3v) is 4.08. The van der Waals surface area contributed by atoms with Crippen molar-refractivity contribution in [2.75, 3.05) is 16.4 Å². The lowest BCUT2D eigenvalue weighted by molar-refractivity contribution is 0.0767. The minimum absolute atomic E-state index is 0.323. The highest BCUT2D eigenvalue weighted by Crippen LogP contribution is 2.45. The average molecular weight is 354 g/mol. The third kappa shape index (κ3) is 2.76. The number of nitrogens with zero attached hydrogens (tertiary/aromatic N) is 4. The molecule has 0 spiro atoms. The van der Waals surface area contributed by atoms with Gasteiger partial charge in [0, 0.05) is 30.4 Å². The second kappa shape index (κ2) is 6.68. The van der Waals surface area contributed by atoms with Crippen LogP contribution in [0.4, 0.5) is 31.8 Å². The van der Waals surface area contributed by atoms with Crippen LogP contribution in [-0.2, 0) is 4.74 Å². The minimum atomic E-state index is -0.576. The zero-order valence-corrected chi connectivity index (χ0v) is 14.0. The molecule has 1 aliphatic heterocycles. The number of hydrogen-bond donors (Lipinski definition) is 0. The fraction of sp³-hybridized carbons (Fsp3) is 0.158. The van der Waals surface area contributed by atoms with E-state index >= 15 is 0 Å². The standard InChI is InChI=1S/C19H16F2N4O/c1-2-26-19-24(15-7-3-13(20)4-8-15)17-18(23-12-11-22-17)25(19)16-9-5-14(21)6-10-16/h3-12,19H,2H2,1H3. The molecule has 5 nitrogen and oxygen atoms in total. The lowest BCUT2D eigenvalue weighted by Gasteiger charge is -2.31. The summed E-state index contributed by atoms with van der Waals surface area (Å²) in [7, 11) is 0. The van der Waals surface area contributed by atoms with Gasteiger partial charge in [-0.15, -0.1) is 0 Å². The number of hydrogen-bond acceptors (Lipinski definition) is 5. The maximum Gasteiger partial charge on any atom is 0.221 e. The number of rotatable bonds is 4. The van der Waals surface area contributed by atoms with Gasteiger partial charge in [-0.1, -0.05) is 0 Å². The van der Waals surface area contributed by atoms with Crippen molar-refractivity contribution in [2.24, 2.45) is 0 Å². The lowest BCUT2D eigenvalue weighted by atomic mass is 10.3. The Morgan fingerprint density at radius 3 is 1.62 bits per heavy atom.